The van der Waals surface area contributed by atoms with Crippen molar-refractivity contribution < 1.29 is 32.7 Å². The molecule has 6 rings (SSSR count). The third kappa shape index (κ3) is 3.14. The van der Waals surface area contributed by atoms with Gasteiger partial charge in [-0.1, -0.05) is 23.7 Å². The summed E-state index contributed by atoms with van der Waals surface area (Å²) in [6.07, 6.45) is -1.73. The van der Waals surface area contributed by atoms with Crippen molar-refractivity contribution in [3.05, 3.63) is 53.4 Å². The number of hydrogen-bond donors (Lipinski definition) is 2. The van der Waals surface area contributed by atoms with Crippen LogP contribution in [0, 0.1) is 11.3 Å². The van der Waals surface area contributed by atoms with E-state index in [4.69, 9.17) is 40.6 Å². The van der Waals surface area contributed by atoms with Crippen LogP contribution in [0.1, 0.15) is 19.5 Å². The van der Waals surface area contributed by atoms with Crippen LogP contribution in [0.4, 0.5) is 5.82 Å². The van der Waals surface area contributed by atoms with Gasteiger partial charge in [0.1, 0.15) is 42.0 Å². The van der Waals surface area contributed by atoms with Crippen LogP contribution in [-0.4, -0.2) is 49.2 Å². The van der Waals surface area contributed by atoms with Crippen LogP contribution < -0.4 is 10.3 Å². The number of nitrogen functional groups attached to an aromatic ring is 1. The summed E-state index contributed by atoms with van der Waals surface area (Å²) in [5.74, 6) is -0.940. The maximum atomic E-state index is 12.8. The maximum Gasteiger partial charge on any atom is 0.527 e. The van der Waals surface area contributed by atoms with Crippen LogP contribution in [0.5, 0.6) is 5.75 Å². The third-order valence-corrected chi connectivity index (χ3v) is 7.53. The van der Waals surface area contributed by atoms with Crippen LogP contribution in [-0.2, 0) is 28.9 Å². The average molecular weight is 520 g/mol. The highest BCUT2D eigenvalue weighted by atomic mass is 35.5. The summed E-state index contributed by atoms with van der Waals surface area (Å²) in [6.45, 7) is 3.34. The zero-order valence-corrected chi connectivity index (χ0v) is 20.0. The molecule has 182 valence electrons. The minimum absolute atomic E-state index is 0.0204. The Bertz CT molecular complexity index is 1460. The molecule has 12 nitrogen and oxygen atoms in total. The standard InChI is InChI=1S/C21H19ClN5O7P/c1-19(2)31-18-20(9-23,14-8-7-12-17(24)25-10-26-27(12)14)30-15-16(21(15,18)34-19)33-35(28,29)32-13-6-4-3-5-11(13)22/h3-8,10,15-16,18H,1-2H3,(H,28,29)(H2,24,25,26)/t15-,16?,18+,20+,21+/m1/s1. The molecule has 2 unspecified atom stereocenters. The Balaban J connectivity index is 1.35. The number of nitrogens with zero attached hydrogens (tertiary/aromatic N) is 4. The van der Waals surface area contributed by atoms with E-state index in [0.29, 0.717) is 11.2 Å². The van der Waals surface area contributed by atoms with Crippen molar-refractivity contribution in [1.82, 2.24) is 14.6 Å². The molecular formula is C21H19ClN5O7P. The molecule has 3 aromatic rings. The molecule has 1 spiro atoms. The maximum absolute atomic E-state index is 12.8. The summed E-state index contributed by atoms with van der Waals surface area (Å²) in [5.41, 5.74) is 3.76. The van der Waals surface area contributed by atoms with Crippen molar-refractivity contribution in [3.8, 4) is 11.8 Å². The van der Waals surface area contributed by atoms with Crippen molar-refractivity contribution in [2.75, 3.05) is 5.73 Å². The molecule has 0 amide bonds. The first-order valence-corrected chi connectivity index (χ1v) is 12.4. The topological polar surface area (TPSA) is 163 Å². The van der Waals surface area contributed by atoms with E-state index in [-0.39, 0.29) is 16.6 Å². The Hall–Kier alpha value is -2.75. The highest BCUT2D eigenvalue weighted by Crippen LogP contribution is 2.69. The first-order valence-electron chi connectivity index (χ1n) is 10.5. The number of para-hydroxylation sites is 1. The van der Waals surface area contributed by atoms with Gasteiger partial charge in [-0.2, -0.15) is 10.4 Å². The summed E-state index contributed by atoms with van der Waals surface area (Å²) in [7, 11) is -4.67. The van der Waals surface area contributed by atoms with Gasteiger partial charge in [-0.15, -0.1) is 0 Å². The van der Waals surface area contributed by atoms with Gasteiger partial charge in [-0.3, -0.25) is 9.42 Å². The predicted octanol–water partition coefficient (Wildman–Crippen LogP) is 2.55. The van der Waals surface area contributed by atoms with Gasteiger partial charge in [0.05, 0.1) is 10.7 Å². The monoisotopic (exact) mass is 519 g/mol. The molecule has 0 bridgehead atoms. The zero-order chi connectivity index (χ0) is 24.8. The summed E-state index contributed by atoms with van der Waals surface area (Å²) >= 11 is 6.04. The number of nitriles is 1. The molecule has 2 aromatic heterocycles. The second-order valence-electron chi connectivity index (χ2n) is 8.92. The van der Waals surface area contributed by atoms with Gasteiger partial charge in [0, 0.05) is 0 Å². The quantitative estimate of drug-likeness (QED) is 0.476. The second-order valence-corrected chi connectivity index (χ2v) is 10.7. The lowest BCUT2D eigenvalue weighted by Crippen LogP contribution is -2.46. The lowest BCUT2D eigenvalue weighted by atomic mass is 9.90. The molecule has 3 aliphatic rings. The summed E-state index contributed by atoms with van der Waals surface area (Å²) in [5, 5.41) is 14.7. The van der Waals surface area contributed by atoms with Gasteiger partial charge in [-0.25, -0.2) is 14.1 Å². The molecule has 1 aromatic carbocycles. The Kier molecular flexibility index (Phi) is 4.64. The molecule has 3 fully saturated rings. The summed E-state index contributed by atoms with van der Waals surface area (Å²) in [4.78, 5) is 14.4. The third-order valence-electron chi connectivity index (χ3n) is 6.30. The van der Waals surface area contributed by atoms with Crippen LogP contribution in [0.15, 0.2) is 42.7 Å². The minimum atomic E-state index is -4.67. The number of rotatable bonds is 5. The van der Waals surface area contributed by atoms with Crippen LogP contribution in [0.2, 0.25) is 5.02 Å². The number of phosphoric ester groups is 1. The zero-order valence-electron chi connectivity index (χ0n) is 18.4. The number of benzene rings is 1. The van der Waals surface area contributed by atoms with Crippen molar-refractivity contribution in [1.29, 1.82) is 5.26 Å². The predicted molar refractivity (Wildman–Crippen MR) is 119 cm³/mol. The smallest absolute Gasteiger partial charge is 0.403 e. The van der Waals surface area contributed by atoms with E-state index in [0.717, 1.165) is 0 Å². The fourth-order valence-corrected chi connectivity index (χ4v) is 6.19. The molecule has 35 heavy (non-hydrogen) atoms. The van der Waals surface area contributed by atoms with Crippen molar-refractivity contribution in [2.45, 2.75) is 49.1 Å². The SMILES string of the molecule is CC1(C)O[C@@H]2[C@@]3(O1)C(OP(=O)(O)Oc1ccccc1Cl)[C@H]3O[C@@]2(C#N)c1ccc2c(N)ncnn12. The fourth-order valence-electron chi connectivity index (χ4n) is 4.95. The van der Waals surface area contributed by atoms with Gasteiger partial charge in [0.2, 0.25) is 5.60 Å². The van der Waals surface area contributed by atoms with Crippen LogP contribution in [0.3, 0.4) is 0 Å². The van der Waals surface area contributed by atoms with Crippen molar-refractivity contribution >= 4 is 30.8 Å². The second kappa shape index (κ2) is 7.15. The lowest BCUT2D eigenvalue weighted by molar-refractivity contribution is -0.188. The molecule has 2 saturated heterocycles. The number of aromatic nitrogens is 3. The summed E-state index contributed by atoms with van der Waals surface area (Å²) < 4.78 is 43.4. The molecule has 14 heteroatoms. The number of fused-ring (bicyclic) bond motifs is 1. The molecule has 6 atom stereocenters. The minimum Gasteiger partial charge on any atom is -0.403 e. The largest absolute Gasteiger partial charge is 0.527 e. The number of phosphoric acid groups is 1. The normalized spacial score (nSPS) is 34.1. The van der Waals surface area contributed by atoms with E-state index >= 15 is 0 Å². The molecule has 0 radical (unpaired) electrons. The number of hydrogen-bond acceptors (Lipinski definition) is 10. The van der Waals surface area contributed by atoms with E-state index in [2.05, 4.69) is 16.2 Å². The molecule has 3 N–H and O–H groups in total. The van der Waals surface area contributed by atoms with Gasteiger partial charge < -0.3 is 24.5 Å². The average Bonchev–Trinajstić information content (AvgIpc) is 3.14. The van der Waals surface area contributed by atoms with E-state index in [1.165, 1.54) is 23.0 Å². The molecule has 2 aliphatic heterocycles. The molecule has 4 heterocycles. The van der Waals surface area contributed by atoms with E-state index in [9.17, 15) is 14.7 Å². The van der Waals surface area contributed by atoms with Crippen molar-refractivity contribution in [2.24, 2.45) is 0 Å². The van der Waals surface area contributed by atoms with Gasteiger partial charge in [-0.05, 0) is 38.1 Å². The van der Waals surface area contributed by atoms with Gasteiger partial charge in [0.25, 0.3) is 0 Å². The molecule has 1 saturated carbocycles. The number of nitrogens with two attached hydrogens (primary N) is 1. The van der Waals surface area contributed by atoms with Gasteiger partial charge in [0.15, 0.2) is 17.2 Å². The first-order chi connectivity index (χ1) is 16.5. The highest BCUT2D eigenvalue weighted by Gasteiger charge is 2.89. The lowest BCUT2D eigenvalue weighted by Gasteiger charge is -2.30. The number of anilines is 1. The van der Waals surface area contributed by atoms with Gasteiger partial charge >= 0.3 is 7.82 Å². The Morgan fingerprint density at radius 3 is 2.80 bits per heavy atom. The molecular weight excluding hydrogens is 501 g/mol. The first kappa shape index (κ1) is 22.7. The van der Waals surface area contributed by atoms with Crippen LogP contribution in [0.25, 0.3) is 5.52 Å². The number of ether oxygens (including phenoxy) is 3. The Morgan fingerprint density at radius 2 is 2.06 bits per heavy atom. The highest BCUT2D eigenvalue weighted by molar-refractivity contribution is 7.47. The van der Waals surface area contributed by atoms with Crippen molar-refractivity contribution in [3.63, 3.8) is 0 Å². The fraction of sp³-hybridized carbons (Fsp3) is 0.381. The van der Waals surface area contributed by atoms with E-state index < -0.39 is 43.1 Å². The summed E-state index contributed by atoms with van der Waals surface area (Å²) in [6, 6.07) is 11.7. The van der Waals surface area contributed by atoms with E-state index in [1.54, 1.807) is 38.1 Å². The van der Waals surface area contributed by atoms with Crippen LogP contribution >= 0.6 is 19.4 Å². The molecule has 1 aliphatic carbocycles. The Labute approximate surface area is 203 Å². The number of halogens is 1. The Morgan fingerprint density at radius 1 is 1.29 bits per heavy atom. The van der Waals surface area contributed by atoms with E-state index in [1.807, 2.05) is 0 Å².